The van der Waals surface area contributed by atoms with Gasteiger partial charge in [0.1, 0.15) is 5.69 Å². The van der Waals surface area contributed by atoms with Gasteiger partial charge in [-0.25, -0.2) is 4.74 Å². The standard InChI is InChI=1S/C23H18N3OP/c27-18-19-16-17-23(25-24-19)26-28(20-10-4-1-5-11-20,21-12-6-2-7-13-21)22-14-8-3-9-15-22/h1-18H. The Kier molecular flexibility index (Phi) is 5.22. The molecule has 0 bridgehead atoms. The fraction of sp³-hybridized carbons (Fsp3) is 0. The molecule has 136 valence electrons. The van der Waals surface area contributed by atoms with E-state index in [1.165, 1.54) is 0 Å². The van der Waals surface area contributed by atoms with Crippen LogP contribution in [0.1, 0.15) is 10.5 Å². The van der Waals surface area contributed by atoms with Crippen LogP contribution in [-0.2, 0) is 0 Å². The van der Waals surface area contributed by atoms with Crippen LogP contribution in [-0.4, -0.2) is 16.5 Å². The fourth-order valence-electron chi connectivity index (χ4n) is 3.16. The summed E-state index contributed by atoms with van der Waals surface area (Å²) in [7, 11) is -2.36. The fourth-order valence-corrected chi connectivity index (χ4v) is 6.62. The van der Waals surface area contributed by atoms with E-state index in [0.717, 1.165) is 15.9 Å². The van der Waals surface area contributed by atoms with E-state index < -0.39 is 7.05 Å². The van der Waals surface area contributed by atoms with Gasteiger partial charge in [-0.05, 0) is 12.1 Å². The monoisotopic (exact) mass is 383 g/mol. The molecule has 0 atom stereocenters. The number of hydrogen-bond acceptors (Lipinski definition) is 4. The number of carbonyl (C=O) groups excluding carboxylic acids is 1. The molecule has 1 heterocycles. The van der Waals surface area contributed by atoms with Crippen molar-refractivity contribution >= 4 is 35.1 Å². The van der Waals surface area contributed by atoms with Crippen molar-refractivity contribution in [2.45, 2.75) is 0 Å². The predicted molar refractivity (Wildman–Crippen MR) is 115 cm³/mol. The number of hydrogen-bond donors (Lipinski definition) is 0. The minimum absolute atomic E-state index is 0.294. The summed E-state index contributed by atoms with van der Waals surface area (Å²) in [6.45, 7) is 0. The van der Waals surface area contributed by atoms with Crippen LogP contribution in [0.25, 0.3) is 0 Å². The highest BCUT2D eigenvalue weighted by molar-refractivity contribution is 7.87. The van der Waals surface area contributed by atoms with Gasteiger partial charge in [-0.1, -0.05) is 91.0 Å². The molecule has 4 rings (SSSR count). The summed E-state index contributed by atoms with van der Waals surface area (Å²) in [5.74, 6) is 0.510. The highest BCUT2D eigenvalue weighted by Gasteiger charge is 2.27. The summed E-state index contributed by atoms with van der Waals surface area (Å²) < 4.78 is 5.20. The number of aldehydes is 1. The normalized spacial score (nSPS) is 11.0. The number of carbonyl (C=O) groups is 1. The maximum Gasteiger partial charge on any atom is 0.174 e. The minimum atomic E-state index is -2.36. The molecule has 0 amide bonds. The van der Waals surface area contributed by atoms with E-state index in [1.54, 1.807) is 12.1 Å². The molecule has 0 fully saturated rings. The minimum Gasteiger partial charge on any atom is -0.296 e. The van der Waals surface area contributed by atoms with Crippen molar-refractivity contribution in [1.82, 2.24) is 10.2 Å². The van der Waals surface area contributed by atoms with Crippen molar-refractivity contribution in [3.05, 3.63) is 109 Å². The summed E-state index contributed by atoms with van der Waals surface area (Å²) in [6.07, 6.45) is 0.685. The van der Waals surface area contributed by atoms with Crippen LogP contribution >= 0.6 is 7.05 Å². The third-order valence-electron chi connectivity index (χ3n) is 4.43. The van der Waals surface area contributed by atoms with E-state index in [0.29, 0.717) is 17.8 Å². The van der Waals surface area contributed by atoms with Gasteiger partial charge in [-0.15, -0.1) is 10.2 Å². The van der Waals surface area contributed by atoms with Crippen molar-refractivity contribution in [3.8, 4) is 0 Å². The van der Waals surface area contributed by atoms with Gasteiger partial charge in [0, 0.05) is 15.9 Å². The quantitative estimate of drug-likeness (QED) is 0.385. The molecule has 28 heavy (non-hydrogen) atoms. The van der Waals surface area contributed by atoms with E-state index >= 15 is 0 Å². The van der Waals surface area contributed by atoms with Crippen molar-refractivity contribution in [3.63, 3.8) is 0 Å². The number of nitrogens with zero attached hydrogens (tertiary/aromatic N) is 3. The van der Waals surface area contributed by atoms with Gasteiger partial charge >= 0.3 is 0 Å². The van der Waals surface area contributed by atoms with E-state index in [-0.39, 0.29) is 0 Å². The second-order valence-corrected chi connectivity index (χ2v) is 9.20. The molecule has 4 nitrogen and oxygen atoms in total. The molecule has 0 saturated heterocycles. The maximum absolute atomic E-state index is 10.9. The van der Waals surface area contributed by atoms with Crippen molar-refractivity contribution in [2.24, 2.45) is 4.74 Å². The zero-order chi connectivity index (χ0) is 19.2. The lowest BCUT2D eigenvalue weighted by Crippen LogP contribution is -2.25. The van der Waals surface area contributed by atoms with Gasteiger partial charge in [0.15, 0.2) is 12.1 Å². The molecule has 0 aliphatic carbocycles. The van der Waals surface area contributed by atoms with Crippen LogP contribution in [0.15, 0.2) is 108 Å². The molecule has 4 aromatic rings. The molecular weight excluding hydrogens is 365 g/mol. The van der Waals surface area contributed by atoms with Crippen LogP contribution in [0.2, 0.25) is 0 Å². The van der Waals surface area contributed by atoms with Crippen LogP contribution in [0.4, 0.5) is 5.82 Å². The van der Waals surface area contributed by atoms with Gasteiger partial charge in [0.05, 0.1) is 7.05 Å². The summed E-state index contributed by atoms with van der Waals surface area (Å²) in [4.78, 5) is 10.9. The molecular formula is C23H18N3OP. The van der Waals surface area contributed by atoms with Gasteiger partial charge < -0.3 is 0 Å². The third kappa shape index (κ3) is 3.42. The molecule has 0 unspecified atom stereocenters. The van der Waals surface area contributed by atoms with E-state index in [1.807, 2.05) is 54.6 Å². The summed E-state index contributed by atoms with van der Waals surface area (Å²) >= 11 is 0. The Morgan fingerprint density at radius 2 is 1.07 bits per heavy atom. The van der Waals surface area contributed by atoms with Gasteiger partial charge in [-0.2, -0.15) is 0 Å². The first-order chi connectivity index (χ1) is 13.8. The van der Waals surface area contributed by atoms with Crippen molar-refractivity contribution in [1.29, 1.82) is 0 Å². The zero-order valence-corrected chi connectivity index (χ0v) is 16.0. The average Bonchev–Trinajstić information content (AvgIpc) is 2.80. The molecule has 0 spiro atoms. The molecule has 5 heteroatoms. The molecule has 0 aliphatic heterocycles. The molecule has 0 saturated carbocycles. The van der Waals surface area contributed by atoms with Crippen LogP contribution in [0.3, 0.4) is 0 Å². The lowest BCUT2D eigenvalue weighted by molar-refractivity contribution is 0.111. The lowest BCUT2D eigenvalue weighted by Gasteiger charge is -2.26. The first kappa shape index (κ1) is 18.0. The van der Waals surface area contributed by atoms with Gasteiger partial charge in [0.25, 0.3) is 0 Å². The zero-order valence-electron chi connectivity index (χ0n) is 15.1. The van der Waals surface area contributed by atoms with Gasteiger partial charge in [-0.3, -0.25) is 4.79 Å². The van der Waals surface area contributed by atoms with Crippen molar-refractivity contribution in [2.75, 3.05) is 0 Å². The topological polar surface area (TPSA) is 55.2 Å². The SMILES string of the molecule is O=Cc1ccc(N=P(c2ccccc2)(c2ccccc2)c2ccccc2)nn1. The second kappa shape index (κ2) is 8.12. The Labute approximate surface area is 164 Å². The second-order valence-electron chi connectivity index (χ2n) is 6.18. The summed E-state index contributed by atoms with van der Waals surface area (Å²) in [5, 5.41) is 11.6. The number of rotatable bonds is 5. The van der Waals surface area contributed by atoms with Crippen LogP contribution in [0.5, 0.6) is 0 Å². The molecule has 0 radical (unpaired) electrons. The molecule has 3 aromatic carbocycles. The smallest absolute Gasteiger partial charge is 0.174 e. The molecule has 1 aromatic heterocycles. The Balaban J connectivity index is 2.09. The van der Waals surface area contributed by atoms with E-state index in [4.69, 9.17) is 4.74 Å². The highest BCUT2D eigenvalue weighted by atomic mass is 31.2. The Morgan fingerprint density at radius 1 is 0.607 bits per heavy atom. The average molecular weight is 383 g/mol. The van der Waals surface area contributed by atoms with E-state index in [9.17, 15) is 4.79 Å². The van der Waals surface area contributed by atoms with Gasteiger partial charge in [0.2, 0.25) is 0 Å². The first-order valence-electron chi connectivity index (χ1n) is 8.91. The Hall–Kier alpha value is -3.36. The van der Waals surface area contributed by atoms with Crippen molar-refractivity contribution < 1.29 is 4.79 Å². The highest BCUT2D eigenvalue weighted by Crippen LogP contribution is 2.48. The predicted octanol–water partition coefficient (Wildman–Crippen LogP) is 4.10. The third-order valence-corrected chi connectivity index (χ3v) is 8.08. The number of benzene rings is 3. The van der Waals surface area contributed by atoms with E-state index in [2.05, 4.69) is 46.6 Å². The van der Waals surface area contributed by atoms with Crippen LogP contribution in [0, 0.1) is 0 Å². The summed E-state index contributed by atoms with van der Waals surface area (Å²) in [5.41, 5.74) is 0.294. The molecule has 0 N–H and O–H groups in total. The largest absolute Gasteiger partial charge is 0.296 e. The Bertz CT molecular complexity index is 1010. The summed E-state index contributed by atoms with van der Waals surface area (Å²) in [6, 6.07) is 34.3. The van der Waals surface area contributed by atoms with Crippen LogP contribution < -0.4 is 15.9 Å². The molecule has 0 aliphatic rings. The first-order valence-corrected chi connectivity index (χ1v) is 10.7. The lowest BCUT2D eigenvalue weighted by atomic mass is 10.4. The number of aromatic nitrogens is 2. The Morgan fingerprint density at radius 3 is 1.43 bits per heavy atom. The maximum atomic E-state index is 10.9.